The molecule has 35 heavy (non-hydrogen) atoms. The number of aliphatic hydroxyl groups excluding tert-OH is 1. The van der Waals surface area contributed by atoms with Crippen LogP contribution >= 0.6 is 12.4 Å². The summed E-state index contributed by atoms with van der Waals surface area (Å²) in [5.74, 6) is -0.674. The quantitative estimate of drug-likeness (QED) is 0.518. The van der Waals surface area contributed by atoms with Gasteiger partial charge in [-0.05, 0) is 55.8 Å². The summed E-state index contributed by atoms with van der Waals surface area (Å²) < 4.78 is 14.8. The van der Waals surface area contributed by atoms with Crippen LogP contribution in [-0.2, 0) is 0 Å². The van der Waals surface area contributed by atoms with Gasteiger partial charge in [0.15, 0.2) is 0 Å². The fourth-order valence-electron chi connectivity index (χ4n) is 4.16. The second-order valence-corrected chi connectivity index (χ2v) is 8.24. The first kappa shape index (κ1) is 26.2. The minimum Gasteiger partial charge on any atom is -0.396 e. The van der Waals surface area contributed by atoms with E-state index in [4.69, 9.17) is 5.11 Å². The summed E-state index contributed by atoms with van der Waals surface area (Å²) in [5, 5.41) is 25.9. The zero-order chi connectivity index (χ0) is 24.1. The molecule has 0 bridgehead atoms. The Morgan fingerprint density at radius 2 is 1.89 bits per heavy atom. The van der Waals surface area contributed by atoms with Crippen molar-refractivity contribution >= 4 is 29.7 Å². The number of nitriles is 1. The Bertz CT molecular complexity index is 1200. The van der Waals surface area contributed by atoms with Crippen LogP contribution in [0, 0.1) is 24.1 Å². The van der Waals surface area contributed by atoms with E-state index in [1.807, 2.05) is 6.07 Å². The van der Waals surface area contributed by atoms with Crippen LogP contribution in [0.25, 0.3) is 5.69 Å². The Morgan fingerprint density at radius 1 is 1.17 bits per heavy atom. The molecule has 0 radical (unpaired) electrons. The second kappa shape index (κ2) is 11.8. The summed E-state index contributed by atoms with van der Waals surface area (Å²) in [6, 6.07) is 13.5. The van der Waals surface area contributed by atoms with E-state index in [0.717, 1.165) is 44.8 Å². The SMILES string of the molecule is Cc1c(C(=O)Nc2ccc(N3CCN(CCCO)CC3)c(C#N)c2)cnn1-c1ccc(F)cc1.Cl. The van der Waals surface area contributed by atoms with Gasteiger partial charge in [-0.25, -0.2) is 9.07 Å². The molecule has 4 rings (SSSR count). The summed E-state index contributed by atoms with van der Waals surface area (Å²) >= 11 is 0. The van der Waals surface area contributed by atoms with Crippen LogP contribution in [0.2, 0.25) is 0 Å². The van der Waals surface area contributed by atoms with E-state index < -0.39 is 0 Å². The second-order valence-electron chi connectivity index (χ2n) is 8.24. The van der Waals surface area contributed by atoms with Gasteiger partial charge in [0.1, 0.15) is 11.9 Å². The highest BCUT2D eigenvalue weighted by atomic mass is 35.5. The first-order valence-corrected chi connectivity index (χ1v) is 11.2. The number of nitrogens with one attached hydrogen (secondary N) is 1. The molecule has 1 aromatic heterocycles. The predicted molar refractivity (Wildman–Crippen MR) is 135 cm³/mol. The van der Waals surface area contributed by atoms with Crippen molar-refractivity contribution in [2.45, 2.75) is 13.3 Å². The monoisotopic (exact) mass is 498 g/mol. The van der Waals surface area contributed by atoms with E-state index in [0.29, 0.717) is 28.2 Å². The zero-order valence-electron chi connectivity index (χ0n) is 19.4. The first-order valence-electron chi connectivity index (χ1n) is 11.2. The Kier molecular flexibility index (Phi) is 8.82. The molecule has 2 heterocycles. The van der Waals surface area contributed by atoms with Crippen LogP contribution in [0.5, 0.6) is 0 Å². The van der Waals surface area contributed by atoms with Crippen LogP contribution in [0.3, 0.4) is 0 Å². The number of rotatable bonds is 7. The highest BCUT2D eigenvalue weighted by molar-refractivity contribution is 6.05. The molecule has 0 spiro atoms. The molecular weight excluding hydrogens is 471 g/mol. The fourth-order valence-corrected chi connectivity index (χ4v) is 4.16. The summed E-state index contributed by atoms with van der Waals surface area (Å²) in [4.78, 5) is 17.4. The molecule has 1 amide bonds. The summed E-state index contributed by atoms with van der Waals surface area (Å²) in [5.41, 5.74) is 3.56. The molecule has 0 atom stereocenters. The standard InChI is InChI=1S/C25H27FN6O2.ClH/c1-18-23(17-28-32(18)22-6-3-20(26)4-7-22)25(34)29-21-5-8-24(19(15-21)16-27)31-12-10-30(11-13-31)9-2-14-33;/h3-8,15,17,33H,2,9-14H2,1H3,(H,29,34);1H. The molecule has 0 aliphatic carbocycles. The molecular formula is C25H28ClFN6O2. The topological polar surface area (TPSA) is 97.4 Å². The first-order chi connectivity index (χ1) is 16.5. The van der Waals surface area contributed by atoms with Crippen LogP contribution in [0.1, 0.15) is 28.0 Å². The largest absolute Gasteiger partial charge is 0.396 e. The van der Waals surface area contributed by atoms with Crippen molar-refractivity contribution in [3.05, 3.63) is 71.3 Å². The van der Waals surface area contributed by atoms with E-state index in [-0.39, 0.29) is 30.7 Å². The van der Waals surface area contributed by atoms with Crippen molar-refractivity contribution in [2.75, 3.05) is 49.5 Å². The Morgan fingerprint density at radius 3 is 2.54 bits per heavy atom. The Labute approximate surface area is 210 Å². The molecule has 10 heteroatoms. The van der Waals surface area contributed by atoms with Gasteiger partial charge in [-0.2, -0.15) is 10.4 Å². The van der Waals surface area contributed by atoms with Crippen molar-refractivity contribution in [3.8, 4) is 11.8 Å². The number of carbonyl (C=O) groups is 1. The smallest absolute Gasteiger partial charge is 0.259 e. The molecule has 184 valence electrons. The summed E-state index contributed by atoms with van der Waals surface area (Å²) in [6.07, 6.45) is 2.24. The Balaban J connectivity index is 0.00000342. The maximum absolute atomic E-state index is 13.2. The molecule has 8 nitrogen and oxygen atoms in total. The lowest BCUT2D eigenvalue weighted by molar-refractivity contribution is 0.102. The third-order valence-corrected chi connectivity index (χ3v) is 6.05. The predicted octanol–water partition coefficient (Wildman–Crippen LogP) is 3.37. The lowest BCUT2D eigenvalue weighted by atomic mass is 10.1. The van der Waals surface area contributed by atoms with Gasteiger partial charge in [-0.1, -0.05) is 0 Å². The molecule has 0 unspecified atom stereocenters. The Hall–Kier alpha value is -3.45. The maximum Gasteiger partial charge on any atom is 0.259 e. The number of benzene rings is 2. The number of halogens is 2. The summed E-state index contributed by atoms with van der Waals surface area (Å²) in [7, 11) is 0. The number of anilines is 2. The van der Waals surface area contributed by atoms with Crippen molar-refractivity contribution in [1.29, 1.82) is 5.26 Å². The number of aliphatic hydroxyl groups is 1. The lowest BCUT2D eigenvalue weighted by Gasteiger charge is -2.36. The molecule has 2 N–H and O–H groups in total. The zero-order valence-corrected chi connectivity index (χ0v) is 20.3. The van der Waals surface area contributed by atoms with Gasteiger partial charge in [-0.15, -0.1) is 12.4 Å². The number of nitrogens with zero attached hydrogens (tertiary/aromatic N) is 5. The van der Waals surface area contributed by atoms with Crippen molar-refractivity contribution in [3.63, 3.8) is 0 Å². The maximum atomic E-state index is 13.2. The lowest BCUT2D eigenvalue weighted by Crippen LogP contribution is -2.47. The van der Waals surface area contributed by atoms with Gasteiger partial charge in [0.05, 0.1) is 34.4 Å². The van der Waals surface area contributed by atoms with Crippen LogP contribution in [-0.4, -0.2) is 65.0 Å². The third-order valence-electron chi connectivity index (χ3n) is 6.05. The minimum absolute atomic E-state index is 0. The van der Waals surface area contributed by atoms with Gasteiger partial charge in [0, 0.05) is 45.0 Å². The minimum atomic E-state index is -0.341. The molecule has 2 aromatic carbocycles. The van der Waals surface area contributed by atoms with E-state index in [2.05, 4.69) is 26.3 Å². The molecule has 1 saturated heterocycles. The molecule has 0 saturated carbocycles. The van der Waals surface area contributed by atoms with Gasteiger partial charge in [-0.3, -0.25) is 9.69 Å². The average molecular weight is 499 g/mol. The van der Waals surface area contributed by atoms with E-state index in [1.165, 1.54) is 18.3 Å². The number of carbonyl (C=O) groups excluding carboxylic acids is 1. The van der Waals surface area contributed by atoms with Crippen molar-refractivity contribution < 1.29 is 14.3 Å². The van der Waals surface area contributed by atoms with Gasteiger partial charge < -0.3 is 15.3 Å². The number of hydrogen-bond acceptors (Lipinski definition) is 6. The molecule has 1 fully saturated rings. The van der Waals surface area contributed by atoms with Gasteiger partial charge in [0.25, 0.3) is 5.91 Å². The van der Waals surface area contributed by atoms with Gasteiger partial charge in [0.2, 0.25) is 0 Å². The average Bonchev–Trinajstić information content (AvgIpc) is 3.25. The van der Waals surface area contributed by atoms with E-state index in [1.54, 1.807) is 35.9 Å². The van der Waals surface area contributed by atoms with Crippen LogP contribution in [0.4, 0.5) is 15.8 Å². The molecule has 1 aliphatic rings. The number of hydrogen-bond donors (Lipinski definition) is 2. The normalized spacial score (nSPS) is 13.7. The molecule has 3 aromatic rings. The van der Waals surface area contributed by atoms with E-state index in [9.17, 15) is 14.4 Å². The number of aromatic nitrogens is 2. The van der Waals surface area contributed by atoms with Crippen molar-refractivity contribution in [2.24, 2.45) is 0 Å². The number of amides is 1. The van der Waals surface area contributed by atoms with Gasteiger partial charge >= 0.3 is 0 Å². The highest BCUT2D eigenvalue weighted by Gasteiger charge is 2.20. The highest BCUT2D eigenvalue weighted by Crippen LogP contribution is 2.26. The van der Waals surface area contributed by atoms with Crippen LogP contribution < -0.4 is 10.2 Å². The third kappa shape index (κ3) is 5.98. The van der Waals surface area contributed by atoms with E-state index >= 15 is 0 Å². The summed E-state index contributed by atoms with van der Waals surface area (Å²) in [6.45, 7) is 6.19. The van der Waals surface area contributed by atoms with Crippen LogP contribution in [0.15, 0.2) is 48.7 Å². The molecule has 1 aliphatic heterocycles. The van der Waals surface area contributed by atoms with Crippen molar-refractivity contribution in [1.82, 2.24) is 14.7 Å². The number of piperazine rings is 1. The fraction of sp³-hybridized carbons (Fsp3) is 0.320.